The third-order valence-corrected chi connectivity index (χ3v) is 5.14. The SMILES string of the molecule is COc1c([C@@H]2[C@H](C)[C@@H](C)O[C@H]2C(=O)Nc2ccnc(CO)c2)ccc(F)c1F. The van der Waals surface area contributed by atoms with E-state index >= 15 is 0 Å². The van der Waals surface area contributed by atoms with Crippen molar-refractivity contribution in [3.05, 3.63) is 53.4 Å². The summed E-state index contributed by atoms with van der Waals surface area (Å²) in [5.41, 5.74) is 1.24. The van der Waals surface area contributed by atoms with Crippen LogP contribution in [-0.4, -0.2) is 35.3 Å². The predicted molar refractivity (Wildman–Crippen MR) is 97.9 cm³/mol. The van der Waals surface area contributed by atoms with Gasteiger partial charge in [0.15, 0.2) is 11.6 Å². The summed E-state index contributed by atoms with van der Waals surface area (Å²) in [6.45, 7) is 3.46. The van der Waals surface area contributed by atoms with Crippen LogP contribution < -0.4 is 10.1 Å². The van der Waals surface area contributed by atoms with Crippen molar-refractivity contribution in [1.82, 2.24) is 4.98 Å². The fourth-order valence-electron chi connectivity index (χ4n) is 3.55. The van der Waals surface area contributed by atoms with E-state index in [0.717, 1.165) is 6.07 Å². The molecule has 1 saturated heterocycles. The number of nitrogens with one attached hydrogen (secondary N) is 1. The molecule has 150 valence electrons. The zero-order chi connectivity index (χ0) is 20.4. The number of nitrogens with zero attached hydrogens (tertiary/aromatic N) is 1. The molecule has 0 spiro atoms. The highest BCUT2D eigenvalue weighted by Gasteiger charge is 2.46. The third-order valence-electron chi connectivity index (χ3n) is 5.14. The normalized spacial score (nSPS) is 24.2. The van der Waals surface area contributed by atoms with Crippen molar-refractivity contribution in [2.45, 2.75) is 38.6 Å². The Hall–Kier alpha value is -2.58. The van der Waals surface area contributed by atoms with Crippen LogP contribution in [0.3, 0.4) is 0 Å². The number of rotatable bonds is 5. The standard InChI is InChI=1S/C20H22F2N2O4/c1-10-11(2)28-19(20(26)24-12-6-7-23-13(8-12)9-25)16(10)14-4-5-15(21)17(22)18(14)27-3/h4-8,10-11,16,19,25H,9H2,1-3H3,(H,23,24,26)/t10-,11-,16+,19-/m1/s1. The Bertz CT molecular complexity index is 877. The van der Waals surface area contributed by atoms with Crippen molar-refractivity contribution >= 4 is 11.6 Å². The summed E-state index contributed by atoms with van der Waals surface area (Å²) in [4.78, 5) is 16.9. The van der Waals surface area contributed by atoms with Crippen molar-refractivity contribution in [2.75, 3.05) is 12.4 Å². The lowest BCUT2D eigenvalue weighted by molar-refractivity contribution is -0.127. The number of hydrogen-bond donors (Lipinski definition) is 2. The summed E-state index contributed by atoms with van der Waals surface area (Å²) in [7, 11) is 1.26. The van der Waals surface area contributed by atoms with Crippen molar-refractivity contribution in [3.8, 4) is 5.75 Å². The van der Waals surface area contributed by atoms with E-state index in [1.165, 1.54) is 19.4 Å². The highest BCUT2D eigenvalue weighted by Crippen LogP contribution is 2.44. The minimum atomic E-state index is -1.09. The number of aliphatic hydroxyl groups excluding tert-OH is 1. The summed E-state index contributed by atoms with van der Waals surface area (Å²) in [6, 6.07) is 5.59. The summed E-state index contributed by atoms with van der Waals surface area (Å²) < 4.78 is 38.8. The summed E-state index contributed by atoms with van der Waals surface area (Å²) in [5.74, 6) is -3.43. The van der Waals surface area contributed by atoms with Gasteiger partial charge in [0.1, 0.15) is 6.10 Å². The number of pyridine rings is 1. The van der Waals surface area contributed by atoms with E-state index < -0.39 is 29.6 Å². The number of hydrogen-bond acceptors (Lipinski definition) is 5. The predicted octanol–water partition coefficient (Wildman–Crippen LogP) is 3.01. The molecule has 1 fully saturated rings. The molecule has 0 aliphatic carbocycles. The maximum Gasteiger partial charge on any atom is 0.254 e. The first kappa shape index (κ1) is 20.2. The van der Waals surface area contributed by atoms with E-state index in [2.05, 4.69) is 10.3 Å². The molecular formula is C20H22F2N2O4. The van der Waals surface area contributed by atoms with Crippen molar-refractivity contribution in [1.29, 1.82) is 0 Å². The van der Waals surface area contributed by atoms with E-state index in [1.807, 2.05) is 13.8 Å². The number of anilines is 1. The lowest BCUT2D eigenvalue weighted by atomic mass is 9.82. The Labute approximate surface area is 161 Å². The first-order valence-electron chi connectivity index (χ1n) is 8.91. The topological polar surface area (TPSA) is 80.7 Å². The van der Waals surface area contributed by atoms with Crippen LogP contribution in [0.1, 0.15) is 31.0 Å². The first-order chi connectivity index (χ1) is 13.4. The monoisotopic (exact) mass is 392 g/mol. The zero-order valence-electron chi connectivity index (χ0n) is 15.8. The van der Waals surface area contributed by atoms with Gasteiger partial charge in [0.2, 0.25) is 5.82 Å². The molecule has 1 amide bonds. The Kier molecular flexibility index (Phi) is 5.90. The molecule has 1 aromatic carbocycles. The average Bonchev–Trinajstić information content (AvgIpc) is 2.99. The van der Waals surface area contributed by atoms with Crippen LogP contribution in [0.4, 0.5) is 14.5 Å². The third kappa shape index (κ3) is 3.70. The van der Waals surface area contributed by atoms with E-state index in [1.54, 1.807) is 12.1 Å². The summed E-state index contributed by atoms with van der Waals surface area (Å²) in [6.07, 6.45) is 0.274. The zero-order valence-corrected chi connectivity index (χ0v) is 15.8. The molecule has 6 nitrogen and oxygen atoms in total. The molecule has 8 heteroatoms. The Morgan fingerprint density at radius 1 is 1.32 bits per heavy atom. The molecule has 0 radical (unpaired) electrons. The highest BCUT2D eigenvalue weighted by molar-refractivity contribution is 5.95. The van der Waals surface area contributed by atoms with E-state index in [4.69, 9.17) is 9.47 Å². The fraction of sp³-hybridized carbons (Fsp3) is 0.400. The molecule has 0 bridgehead atoms. The number of methoxy groups -OCH3 is 1. The molecule has 4 atom stereocenters. The van der Waals surface area contributed by atoms with Gasteiger partial charge in [-0.05, 0) is 31.0 Å². The second kappa shape index (κ2) is 8.20. The molecule has 1 aromatic heterocycles. The first-order valence-corrected chi connectivity index (χ1v) is 8.91. The van der Waals surface area contributed by atoms with Crippen LogP contribution in [0.25, 0.3) is 0 Å². The molecule has 3 rings (SSSR count). The second-order valence-electron chi connectivity index (χ2n) is 6.81. The maximum atomic E-state index is 14.2. The summed E-state index contributed by atoms with van der Waals surface area (Å²) in [5, 5.41) is 11.9. The number of amides is 1. The maximum absolute atomic E-state index is 14.2. The number of carbonyl (C=O) groups excluding carboxylic acids is 1. The van der Waals surface area contributed by atoms with Gasteiger partial charge in [0, 0.05) is 23.4 Å². The molecule has 1 aliphatic rings. The molecule has 28 heavy (non-hydrogen) atoms. The number of aliphatic hydroxyl groups is 1. The Morgan fingerprint density at radius 3 is 2.75 bits per heavy atom. The van der Waals surface area contributed by atoms with Crippen LogP contribution in [-0.2, 0) is 16.1 Å². The highest BCUT2D eigenvalue weighted by atomic mass is 19.2. The van der Waals surface area contributed by atoms with Gasteiger partial charge in [0.25, 0.3) is 5.91 Å². The number of carbonyl (C=O) groups is 1. The smallest absolute Gasteiger partial charge is 0.254 e. The van der Waals surface area contributed by atoms with Crippen molar-refractivity contribution in [2.24, 2.45) is 5.92 Å². The van der Waals surface area contributed by atoms with E-state index in [9.17, 15) is 18.7 Å². The van der Waals surface area contributed by atoms with Gasteiger partial charge in [-0.2, -0.15) is 4.39 Å². The molecule has 1 aliphatic heterocycles. The Morgan fingerprint density at radius 2 is 2.07 bits per heavy atom. The minimum absolute atomic E-state index is 0.139. The van der Waals surface area contributed by atoms with Crippen LogP contribution in [0.5, 0.6) is 5.75 Å². The average molecular weight is 392 g/mol. The minimum Gasteiger partial charge on any atom is -0.493 e. The molecular weight excluding hydrogens is 370 g/mol. The molecule has 2 N–H and O–H groups in total. The Balaban J connectivity index is 1.93. The van der Waals surface area contributed by atoms with Gasteiger partial charge < -0.3 is 19.9 Å². The molecule has 0 unspecified atom stereocenters. The van der Waals surface area contributed by atoms with Crippen LogP contribution in [0.2, 0.25) is 0 Å². The molecule has 2 heterocycles. The molecule has 2 aromatic rings. The van der Waals surface area contributed by atoms with Gasteiger partial charge in [0.05, 0.1) is 25.5 Å². The van der Waals surface area contributed by atoms with E-state index in [0.29, 0.717) is 16.9 Å². The fourth-order valence-corrected chi connectivity index (χ4v) is 3.55. The number of aromatic nitrogens is 1. The summed E-state index contributed by atoms with van der Waals surface area (Å²) >= 11 is 0. The van der Waals surface area contributed by atoms with Gasteiger partial charge in [-0.15, -0.1) is 0 Å². The van der Waals surface area contributed by atoms with Gasteiger partial charge in [-0.3, -0.25) is 9.78 Å². The van der Waals surface area contributed by atoms with Crippen molar-refractivity contribution in [3.63, 3.8) is 0 Å². The second-order valence-corrected chi connectivity index (χ2v) is 6.81. The van der Waals surface area contributed by atoms with Crippen LogP contribution in [0.15, 0.2) is 30.5 Å². The van der Waals surface area contributed by atoms with Crippen LogP contribution in [0, 0.1) is 17.6 Å². The number of halogens is 2. The lowest BCUT2D eigenvalue weighted by Gasteiger charge is -2.23. The van der Waals surface area contributed by atoms with Gasteiger partial charge in [-0.1, -0.05) is 13.0 Å². The number of benzene rings is 1. The lowest BCUT2D eigenvalue weighted by Crippen LogP contribution is -2.33. The van der Waals surface area contributed by atoms with Gasteiger partial charge >= 0.3 is 0 Å². The quantitative estimate of drug-likeness (QED) is 0.818. The van der Waals surface area contributed by atoms with Crippen molar-refractivity contribution < 1.29 is 28.2 Å². The number of ether oxygens (including phenoxy) is 2. The van der Waals surface area contributed by atoms with Gasteiger partial charge in [-0.25, -0.2) is 4.39 Å². The largest absolute Gasteiger partial charge is 0.493 e. The van der Waals surface area contributed by atoms with Crippen LogP contribution >= 0.6 is 0 Å². The van der Waals surface area contributed by atoms with E-state index in [-0.39, 0.29) is 24.4 Å². The molecule has 0 saturated carbocycles.